The number of likely N-dealkylation sites (tertiary alicyclic amines) is 1. The van der Waals surface area contributed by atoms with Crippen LogP contribution in [-0.4, -0.2) is 50.1 Å². The lowest BCUT2D eigenvalue weighted by molar-refractivity contribution is 0.189. The lowest BCUT2D eigenvalue weighted by atomic mass is 9.99. The molecule has 0 unspecified atom stereocenters. The average molecular weight is 282 g/mol. The van der Waals surface area contributed by atoms with Crippen molar-refractivity contribution >= 4 is 5.96 Å². The number of aliphatic imine (C=N–C) groups is 1. The van der Waals surface area contributed by atoms with E-state index in [2.05, 4.69) is 41.3 Å². The van der Waals surface area contributed by atoms with E-state index in [1.165, 1.54) is 45.3 Å². The molecule has 1 heterocycles. The lowest BCUT2D eigenvalue weighted by Crippen LogP contribution is -2.38. The van der Waals surface area contributed by atoms with Crippen LogP contribution in [0.15, 0.2) is 4.99 Å². The Hall–Kier alpha value is -0.770. The number of hydrogen-bond donors (Lipinski definition) is 2. The number of nitrogens with one attached hydrogen (secondary N) is 2. The van der Waals surface area contributed by atoms with Crippen molar-refractivity contribution in [2.45, 2.75) is 52.9 Å². The molecular formula is C16H34N4. The van der Waals surface area contributed by atoms with Gasteiger partial charge in [-0.25, -0.2) is 0 Å². The Kier molecular flexibility index (Phi) is 9.46. The predicted molar refractivity (Wildman–Crippen MR) is 88.3 cm³/mol. The molecule has 1 aliphatic rings. The Balaban J connectivity index is 2.05. The van der Waals surface area contributed by atoms with Crippen LogP contribution in [0.2, 0.25) is 0 Å². The highest BCUT2D eigenvalue weighted by Gasteiger charge is 2.14. The van der Waals surface area contributed by atoms with Crippen LogP contribution in [0.1, 0.15) is 52.9 Å². The predicted octanol–water partition coefficient (Wildman–Crippen LogP) is 2.46. The molecule has 4 nitrogen and oxygen atoms in total. The standard InChI is InChI=1S/C16H34N4/c1-4-10-18-16(17-5-2)19-11-6-7-12-20-13-8-15(3)9-14-20/h15H,4-14H2,1-3H3,(H2,17,18,19). The summed E-state index contributed by atoms with van der Waals surface area (Å²) in [5.41, 5.74) is 0. The second-order valence-electron chi connectivity index (χ2n) is 5.92. The van der Waals surface area contributed by atoms with Gasteiger partial charge in [0.15, 0.2) is 5.96 Å². The maximum Gasteiger partial charge on any atom is 0.191 e. The fraction of sp³-hybridized carbons (Fsp3) is 0.938. The van der Waals surface area contributed by atoms with Gasteiger partial charge in [0, 0.05) is 19.6 Å². The van der Waals surface area contributed by atoms with E-state index >= 15 is 0 Å². The van der Waals surface area contributed by atoms with E-state index in [9.17, 15) is 0 Å². The minimum absolute atomic E-state index is 0.904. The van der Waals surface area contributed by atoms with E-state index in [-0.39, 0.29) is 0 Å². The van der Waals surface area contributed by atoms with Gasteiger partial charge < -0.3 is 15.5 Å². The largest absolute Gasteiger partial charge is 0.357 e. The zero-order valence-corrected chi connectivity index (χ0v) is 13.7. The number of hydrogen-bond acceptors (Lipinski definition) is 2. The first-order valence-corrected chi connectivity index (χ1v) is 8.50. The van der Waals surface area contributed by atoms with Crippen LogP contribution in [-0.2, 0) is 0 Å². The monoisotopic (exact) mass is 282 g/mol. The van der Waals surface area contributed by atoms with Crippen molar-refractivity contribution in [3.63, 3.8) is 0 Å². The Bertz CT molecular complexity index is 257. The maximum absolute atomic E-state index is 4.51. The maximum atomic E-state index is 4.51. The summed E-state index contributed by atoms with van der Waals surface area (Å²) in [5, 5.41) is 6.71. The van der Waals surface area contributed by atoms with Gasteiger partial charge in [-0.3, -0.25) is 4.99 Å². The zero-order valence-electron chi connectivity index (χ0n) is 13.7. The van der Waals surface area contributed by atoms with Crippen LogP contribution in [0, 0.1) is 5.92 Å². The molecule has 2 N–H and O–H groups in total. The molecule has 0 radical (unpaired) electrons. The minimum atomic E-state index is 0.904. The van der Waals surface area contributed by atoms with Gasteiger partial charge in [-0.15, -0.1) is 0 Å². The summed E-state index contributed by atoms with van der Waals surface area (Å²) in [6.45, 7) is 13.4. The van der Waals surface area contributed by atoms with E-state index in [0.29, 0.717) is 0 Å². The molecule has 1 fully saturated rings. The first kappa shape index (κ1) is 17.3. The number of rotatable bonds is 8. The molecule has 20 heavy (non-hydrogen) atoms. The van der Waals surface area contributed by atoms with Crippen molar-refractivity contribution < 1.29 is 0 Å². The van der Waals surface area contributed by atoms with Gasteiger partial charge >= 0.3 is 0 Å². The second-order valence-corrected chi connectivity index (χ2v) is 5.92. The van der Waals surface area contributed by atoms with E-state index in [1.807, 2.05) is 0 Å². The molecule has 0 bridgehead atoms. The molecule has 0 aliphatic carbocycles. The molecule has 118 valence electrons. The van der Waals surface area contributed by atoms with Gasteiger partial charge in [0.05, 0.1) is 0 Å². The highest BCUT2D eigenvalue weighted by Crippen LogP contribution is 2.15. The summed E-state index contributed by atoms with van der Waals surface area (Å²) in [7, 11) is 0. The number of guanidine groups is 1. The van der Waals surface area contributed by atoms with Crippen molar-refractivity contribution in [3.05, 3.63) is 0 Å². The van der Waals surface area contributed by atoms with Crippen molar-refractivity contribution in [2.24, 2.45) is 10.9 Å². The first-order valence-electron chi connectivity index (χ1n) is 8.50. The van der Waals surface area contributed by atoms with E-state index < -0.39 is 0 Å². The molecule has 0 aromatic heterocycles. The van der Waals surface area contributed by atoms with Gasteiger partial charge in [-0.1, -0.05) is 13.8 Å². The van der Waals surface area contributed by atoms with Crippen LogP contribution in [0.4, 0.5) is 0 Å². The smallest absolute Gasteiger partial charge is 0.191 e. The molecule has 0 amide bonds. The van der Waals surface area contributed by atoms with Gasteiger partial charge in [-0.2, -0.15) is 0 Å². The van der Waals surface area contributed by atoms with Crippen LogP contribution in [0.5, 0.6) is 0 Å². The molecule has 0 aromatic carbocycles. The van der Waals surface area contributed by atoms with Crippen LogP contribution >= 0.6 is 0 Å². The molecule has 1 rings (SSSR count). The number of piperidine rings is 1. The topological polar surface area (TPSA) is 39.7 Å². The summed E-state index contributed by atoms with van der Waals surface area (Å²) in [6.07, 6.45) is 6.38. The fourth-order valence-corrected chi connectivity index (χ4v) is 2.52. The average Bonchev–Trinajstić information content (AvgIpc) is 2.46. The SMILES string of the molecule is CCCN=C(NCC)NCCCCN1CCC(C)CC1. The third kappa shape index (κ3) is 7.73. The van der Waals surface area contributed by atoms with E-state index in [1.54, 1.807) is 0 Å². The fourth-order valence-electron chi connectivity index (χ4n) is 2.52. The molecule has 1 aliphatic heterocycles. The molecule has 4 heteroatoms. The zero-order chi connectivity index (χ0) is 14.6. The molecule has 0 spiro atoms. The van der Waals surface area contributed by atoms with Gasteiger partial charge in [0.25, 0.3) is 0 Å². The number of unbranched alkanes of at least 4 members (excludes halogenated alkanes) is 1. The summed E-state index contributed by atoms with van der Waals surface area (Å²) in [5.74, 6) is 1.91. The van der Waals surface area contributed by atoms with E-state index in [4.69, 9.17) is 0 Å². The Labute approximate surface area is 125 Å². The Morgan fingerprint density at radius 1 is 1.15 bits per heavy atom. The van der Waals surface area contributed by atoms with Crippen LogP contribution in [0.25, 0.3) is 0 Å². The minimum Gasteiger partial charge on any atom is -0.357 e. The van der Waals surface area contributed by atoms with Crippen molar-refractivity contribution in [3.8, 4) is 0 Å². The first-order chi connectivity index (χ1) is 9.76. The molecule has 0 saturated carbocycles. The van der Waals surface area contributed by atoms with Gasteiger partial charge in [0.1, 0.15) is 0 Å². The number of nitrogens with zero attached hydrogens (tertiary/aromatic N) is 2. The van der Waals surface area contributed by atoms with Crippen molar-refractivity contribution in [1.29, 1.82) is 0 Å². The Morgan fingerprint density at radius 3 is 2.55 bits per heavy atom. The summed E-state index contributed by atoms with van der Waals surface area (Å²) in [4.78, 5) is 7.13. The van der Waals surface area contributed by atoms with E-state index in [0.717, 1.165) is 37.9 Å². The van der Waals surface area contributed by atoms with Crippen molar-refractivity contribution in [2.75, 3.05) is 39.3 Å². The summed E-state index contributed by atoms with van der Waals surface area (Å²) >= 11 is 0. The Morgan fingerprint density at radius 2 is 1.90 bits per heavy atom. The molecule has 1 saturated heterocycles. The second kappa shape index (κ2) is 11.0. The van der Waals surface area contributed by atoms with Crippen molar-refractivity contribution in [1.82, 2.24) is 15.5 Å². The van der Waals surface area contributed by atoms with Crippen LogP contribution in [0.3, 0.4) is 0 Å². The highest BCUT2D eigenvalue weighted by atomic mass is 15.2. The summed E-state index contributed by atoms with van der Waals surface area (Å²) < 4.78 is 0. The molecule has 0 atom stereocenters. The molecular weight excluding hydrogens is 248 g/mol. The lowest BCUT2D eigenvalue weighted by Gasteiger charge is -2.30. The van der Waals surface area contributed by atoms with Gasteiger partial charge in [0.2, 0.25) is 0 Å². The molecule has 0 aromatic rings. The summed E-state index contributed by atoms with van der Waals surface area (Å²) in [6, 6.07) is 0. The normalized spacial score (nSPS) is 18.2. The highest BCUT2D eigenvalue weighted by molar-refractivity contribution is 5.79. The van der Waals surface area contributed by atoms with Crippen LogP contribution < -0.4 is 10.6 Å². The quantitative estimate of drug-likeness (QED) is 0.408. The third-order valence-corrected chi connectivity index (χ3v) is 3.91. The van der Waals surface area contributed by atoms with Gasteiger partial charge in [-0.05, 0) is 64.6 Å². The third-order valence-electron chi connectivity index (χ3n) is 3.91.